The van der Waals surface area contributed by atoms with Crippen LogP contribution in [0.4, 0.5) is 4.79 Å². The van der Waals surface area contributed by atoms with Crippen molar-refractivity contribution in [1.82, 2.24) is 4.72 Å². The molecule has 0 fully saturated rings. The molecule has 0 unspecified atom stereocenters. The van der Waals surface area contributed by atoms with Crippen LogP contribution in [-0.4, -0.2) is 22.6 Å². The van der Waals surface area contributed by atoms with E-state index in [1.165, 1.54) is 18.2 Å². The number of fused-ring (bicyclic) bond motifs is 1. The number of carbonyl (C=O) groups excluding carboxylic acids is 1. The van der Waals surface area contributed by atoms with Crippen LogP contribution in [0.25, 0.3) is 10.8 Å². The molecule has 5 nitrogen and oxygen atoms in total. The van der Waals surface area contributed by atoms with Crippen LogP contribution in [0.2, 0.25) is 0 Å². The summed E-state index contributed by atoms with van der Waals surface area (Å²) in [7, 11) is 1.60. The minimum Gasteiger partial charge on any atom is -0.507 e. The molecule has 0 spiro atoms. The van der Waals surface area contributed by atoms with E-state index in [0.717, 1.165) is 11.9 Å². The summed E-state index contributed by atoms with van der Waals surface area (Å²) < 4.78 is 7.72. The number of rotatable bonds is 2. The third-order valence-electron chi connectivity index (χ3n) is 2.34. The maximum atomic E-state index is 11.4. The van der Waals surface area contributed by atoms with Gasteiger partial charge in [-0.3, -0.25) is 4.72 Å². The highest BCUT2D eigenvalue weighted by Gasteiger charge is 2.12. The second kappa shape index (κ2) is 5.16. The quantitative estimate of drug-likeness (QED) is 0.572. The Balaban J connectivity index is 2.49. The van der Waals surface area contributed by atoms with Gasteiger partial charge in [0.15, 0.2) is 0 Å². The smallest absolute Gasteiger partial charge is 0.387 e. The largest absolute Gasteiger partial charge is 0.507 e. The number of aromatic hydroxyl groups is 2. The van der Waals surface area contributed by atoms with Crippen molar-refractivity contribution in [2.45, 2.75) is 0 Å². The molecule has 0 aromatic heterocycles. The number of phenolic OH excluding ortho intramolecular Hbond substituents is 2. The first-order chi connectivity index (χ1) is 8.63. The van der Waals surface area contributed by atoms with E-state index in [-0.39, 0.29) is 22.6 Å². The highest BCUT2D eigenvalue weighted by Crippen LogP contribution is 2.38. The van der Waals surface area contributed by atoms with Gasteiger partial charge < -0.3 is 14.9 Å². The van der Waals surface area contributed by atoms with Crippen molar-refractivity contribution < 1.29 is 19.7 Å². The molecule has 0 heterocycles. The number of nitrogens with one attached hydrogen (secondary N) is 1. The first-order valence-electron chi connectivity index (χ1n) is 5.12. The van der Waals surface area contributed by atoms with Crippen molar-refractivity contribution in [1.29, 1.82) is 0 Å². The molecule has 0 aliphatic heterocycles. The lowest BCUT2D eigenvalue weighted by Gasteiger charge is -2.09. The monoisotopic (exact) mass is 265 g/mol. The van der Waals surface area contributed by atoms with Crippen LogP contribution in [0.1, 0.15) is 0 Å². The molecular weight excluding hydrogens is 254 g/mol. The van der Waals surface area contributed by atoms with Gasteiger partial charge in [0, 0.05) is 17.3 Å². The summed E-state index contributed by atoms with van der Waals surface area (Å²) >= 11 is 0.807. The lowest BCUT2D eigenvalue weighted by molar-refractivity contribution is 0.227. The fraction of sp³-hybridized carbons (Fsp3) is 0.0833. The van der Waals surface area contributed by atoms with E-state index in [9.17, 15) is 15.0 Å². The number of carbonyl (C=O) groups is 1. The molecule has 0 saturated heterocycles. The second-order valence-electron chi connectivity index (χ2n) is 3.44. The van der Waals surface area contributed by atoms with Gasteiger partial charge in [-0.15, -0.1) is 0 Å². The molecule has 0 aliphatic carbocycles. The van der Waals surface area contributed by atoms with E-state index in [2.05, 4.69) is 4.72 Å². The van der Waals surface area contributed by atoms with Crippen molar-refractivity contribution in [3.8, 4) is 17.2 Å². The zero-order chi connectivity index (χ0) is 13.1. The van der Waals surface area contributed by atoms with Crippen LogP contribution in [-0.2, 0) is 0 Å². The summed E-state index contributed by atoms with van der Waals surface area (Å²) in [6.07, 6.45) is 0. The van der Waals surface area contributed by atoms with Crippen LogP contribution < -0.4 is 9.46 Å². The third kappa shape index (κ3) is 2.34. The number of hydrogen-bond acceptors (Lipinski definition) is 6. The SMILES string of the molecule is CNSC(=O)Oc1ccc(O)c2c(O)cccc12. The van der Waals surface area contributed by atoms with Gasteiger partial charge in [-0.2, -0.15) is 0 Å². The van der Waals surface area contributed by atoms with Gasteiger partial charge >= 0.3 is 5.30 Å². The maximum Gasteiger partial charge on any atom is 0.387 e. The number of benzene rings is 2. The molecule has 0 atom stereocenters. The van der Waals surface area contributed by atoms with Crippen LogP contribution in [0.3, 0.4) is 0 Å². The first-order valence-corrected chi connectivity index (χ1v) is 5.94. The summed E-state index contributed by atoms with van der Waals surface area (Å²) in [5.74, 6) is 0.153. The zero-order valence-electron chi connectivity index (χ0n) is 9.51. The highest BCUT2D eigenvalue weighted by atomic mass is 32.2. The predicted octanol–water partition coefficient (Wildman–Crippen LogP) is 2.62. The minimum atomic E-state index is -0.521. The summed E-state index contributed by atoms with van der Waals surface area (Å²) in [5.41, 5.74) is 0. The average molecular weight is 265 g/mol. The normalized spacial score (nSPS) is 10.5. The number of hydrogen-bond donors (Lipinski definition) is 3. The molecular formula is C12H11NO4S. The van der Waals surface area contributed by atoms with E-state index >= 15 is 0 Å². The molecule has 0 bridgehead atoms. The Labute approximate surface area is 108 Å². The highest BCUT2D eigenvalue weighted by molar-refractivity contribution is 8.11. The third-order valence-corrected chi connectivity index (χ3v) is 2.79. The van der Waals surface area contributed by atoms with Crippen molar-refractivity contribution in [2.24, 2.45) is 0 Å². The molecule has 0 saturated carbocycles. The van der Waals surface area contributed by atoms with Gasteiger partial charge in [0.1, 0.15) is 17.2 Å². The Bertz CT molecular complexity index is 592. The number of phenols is 2. The lowest BCUT2D eigenvalue weighted by Crippen LogP contribution is -2.06. The molecule has 3 N–H and O–H groups in total. The maximum absolute atomic E-state index is 11.4. The van der Waals surface area contributed by atoms with Crippen molar-refractivity contribution in [3.63, 3.8) is 0 Å². The molecule has 0 aliphatic rings. The van der Waals surface area contributed by atoms with Gasteiger partial charge in [-0.25, -0.2) is 4.79 Å². The van der Waals surface area contributed by atoms with Gasteiger partial charge in [0.2, 0.25) is 0 Å². The Hall–Kier alpha value is -1.92. The molecule has 0 radical (unpaired) electrons. The van der Waals surface area contributed by atoms with Crippen molar-refractivity contribution >= 4 is 28.0 Å². The topological polar surface area (TPSA) is 78.8 Å². The summed E-state index contributed by atoms with van der Waals surface area (Å²) in [5, 5.41) is 19.6. The Morgan fingerprint density at radius 3 is 2.67 bits per heavy atom. The van der Waals surface area contributed by atoms with Gasteiger partial charge in [0.25, 0.3) is 0 Å². The summed E-state index contributed by atoms with van der Waals surface area (Å²) in [6.45, 7) is 0. The zero-order valence-corrected chi connectivity index (χ0v) is 10.3. The fourth-order valence-electron chi connectivity index (χ4n) is 1.63. The molecule has 2 aromatic rings. The molecule has 2 rings (SSSR count). The van der Waals surface area contributed by atoms with Crippen molar-refractivity contribution in [3.05, 3.63) is 30.3 Å². The molecule has 2 aromatic carbocycles. The van der Waals surface area contributed by atoms with Gasteiger partial charge in [0.05, 0.1) is 5.39 Å². The average Bonchev–Trinajstić information content (AvgIpc) is 2.33. The second-order valence-corrected chi connectivity index (χ2v) is 4.39. The van der Waals surface area contributed by atoms with Crippen LogP contribution in [0, 0.1) is 0 Å². The predicted molar refractivity (Wildman–Crippen MR) is 70.0 cm³/mol. The van der Waals surface area contributed by atoms with Crippen molar-refractivity contribution in [2.75, 3.05) is 7.05 Å². The number of ether oxygens (including phenoxy) is 1. The summed E-state index contributed by atoms with van der Waals surface area (Å²) in [6, 6.07) is 7.57. The molecule has 18 heavy (non-hydrogen) atoms. The minimum absolute atomic E-state index is 0.0656. The van der Waals surface area contributed by atoms with Gasteiger partial charge in [-0.05, 0) is 25.2 Å². The first kappa shape index (κ1) is 12.5. The lowest BCUT2D eigenvalue weighted by atomic mass is 10.1. The Kier molecular flexibility index (Phi) is 3.59. The standard InChI is InChI=1S/C12H11NO4S/c1-13-18-12(16)17-10-6-5-9(15)11-7(10)3-2-4-8(11)14/h2-6,13-15H,1H3. The van der Waals surface area contributed by atoms with E-state index in [1.807, 2.05) is 0 Å². The van der Waals surface area contributed by atoms with Crippen LogP contribution >= 0.6 is 11.9 Å². The van der Waals surface area contributed by atoms with E-state index in [4.69, 9.17) is 4.74 Å². The molecule has 94 valence electrons. The van der Waals surface area contributed by atoms with Crippen LogP contribution in [0.15, 0.2) is 30.3 Å². The van der Waals surface area contributed by atoms with E-state index in [1.54, 1.807) is 19.2 Å². The molecule has 6 heteroatoms. The van der Waals surface area contributed by atoms with E-state index < -0.39 is 5.30 Å². The Morgan fingerprint density at radius 1 is 1.22 bits per heavy atom. The van der Waals surface area contributed by atoms with Gasteiger partial charge in [-0.1, -0.05) is 12.1 Å². The van der Waals surface area contributed by atoms with Crippen LogP contribution in [0.5, 0.6) is 17.2 Å². The van der Waals surface area contributed by atoms with E-state index in [0.29, 0.717) is 5.39 Å². The molecule has 0 amide bonds. The Morgan fingerprint density at radius 2 is 1.94 bits per heavy atom. The fourth-order valence-corrected chi connectivity index (χ4v) is 1.92. The summed E-state index contributed by atoms with van der Waals surface area (Å²) in [4.78, 5) is 11.4.